The number of carboxylic acid groups (broad SMARTS) is 1. The molecule has 398 valence electrons. The summed E-state index contributed by atoms with van der Waals surface area (Å²) in [6, 6.07) is 5.76. The summed E-state index contributed by atoms with van der Waals surface area (Å²) in [5.74, 6) is -6.65. The van der Waals surface area contributed by atoms with Gasteiger partial charge in [-0.3, -0.25) is 53.4 Å². The van der Waals surface area contributed by atoms with Gasteiger partial charge in [-0.25, -0.2) is 19.9 Å². The SMILES string of the molecule is CCc1nc(C)oc1C(=O)Cc1nc2cc(C(N)=O)cc(OCCCOC(=O)[C@@H](CCC(=O)O)CC(=O)CN3C(=O)C=CC3=O)c2n1C/C=C/Cn1c(NC(=O)c2oc(C)nc2CC)nc2cc(C(N)=O)cc(OC)c21. The number of carbonyl (C=O) groups is 9. The number of nitrogens with zero attached hydrogens (tertiary/aromatic N) is 7. The molecule has 0 saturated carbocycles. The van der Waals surface area contributed by atoms with Crippen molar-refractivity contribution in [1.29, 1.82) is 0 Å². The van der Waals surface area contributed by atoms with Gasteiger partial charge in [-0.1, -0.05) is 26.0 Å². The molecule has 0 fully saturated rings. The zero-order valence-corrected chi connectivity index (χ0v) is 42.1. The van der Waals surface area contributed by atoms with Gasteiger partial charge in [0.1, 0.15) is 28.4 Å². The van der Waals surface area contributed by atoms with Gasteiger partial charge in [0.15, 0.2) is 23.3 Å². The number of benzene rings is 2. The van der Waals surface area contributed by atoms with Crippen LogP contribution in [0, 0.1) is 19.8 Å². The van der Waals surface area contributed by atoms with Gasteiger partial charge in [0.25, 0.3) is 17.7 Å². The molecule has 1 aliphatic rings. The molecule has 2 aromatic carbocycles. The van der Waals surface area contributed by atoms with Crippen LogP contribution in [0.4, 0.5) is 5.95 Å². The number of hydrogen-bond donors (Lipinski definition) is 4. The van der Waals surface area contributed by atoms with Gasteiger partial charge in [-0.2, -0.15) is 0 Å². The molecule has 1 atom stereocenters. The molecule has 0 unspecified atom stereocenters. The lowest BCUT2D eigenvalue weighted by molar-refractivity contribution is -0.151. The fraction of sp³-hybridized carbons (Fsp3) is 0.353. The fourth-order valence-electron chi connectivity index (χ4n) is 8.46. The van der Waals surface area contributed by atoms with Crippen LogP contribution in [0.3, 0.4) is 0 Å². The number of ketones is 2. The minimum Gasteiger partial charge on any atom is -0.494 e. The lowest BCUT2D eigenvalue weighted by atomic mass is 9.96. The van der Waals surface area contributed by atoms with Gasteiger partial charge in [0.2, 0.25) is 29.3 Å². The Bertz CT molecular complexity index is 3360. The van der Waals surface area contributed by atoms with Crippen molar-refractivity contribution in [2.24, 2.45) is 17.4 Å². The standard InChI is InChI=1S/C51H54N10O15/c1-6-32-45(75-26(3)54-32)36(63)24-39-56-34-20-30(48(53)69)23-38(73-17-10-18-74-50(71)28(11-14-42(66)67)19-31(62)25-61-40(64)12-13-41(61)65)44(34)59(39)15-8-9-16-60-43-35(21-29(47(52)68)22-37(43)72-5)57-51(60)58-49(70)46-33(7-2)55-27(4)76-46/h8-9,12-13,20-23,28H,6-7,10-11,14-19,24-25H2,1-5H3,(H2,52,68)(H2,53,69)(H,66,67)(H,57,58,70)/b9-8+/t28-/m0/s1. The Morgan fingerprint density at radius 1 is 0.776 bits per heavy atom. The maximum Gasteiger partial charge on any atom is 0.309 e. The van der Waals surface area contributed by atoms with Gasteiger partial charge >= 0.3 is 11.9 Å². The first-order valence-corrected chi connectivity index (χ1v) is 24.0. The first-order valence-electron chi connectivity index (χ1n) is 24.0. The molecule has 0 aliphatic carbocycles. The van der Waals surface area contributed by atoms with Crippen LogP contribution in [0.25, 0.3) is 22.1 Å². The van der Waals surface area contributed by atoms with Crippen molar-refractivity contribution in [3.8, 4) is 11.5 Å². The van der Waals surface area contributed by atoms with Crippen molar-refractivity contribution in [3.63, 3.8) is 0 Å². The summed E-state index contributed by atoms with van der Waals surface area (Å²) in [5.41, 5.74) is 13.7. The topological polar surface area (TPSA) is 357 Å². The number of rotatable bonds is 27. The smallest absolute Gasteiger partial charge is 0.309 e. The number of nitrogens with one attached hydrogen (secondary N) is 1. The molecule has 6 aromatic rings. The summed E-state index contributed by atoms with van der Waals surface area (Å²) in [4.78, 5) is 133. The van der Waals surface area contributed by atoms with E-state index in [1.165, 1.54) is 31.4 Å². The number of allylic oxidation sites excluding steroid dienone is 2. The molecule has 0 bridgehead atoms. The van der Waals surface area contributed by atoms with Crippen LogP contribution >= 0.6 is 0 Å². The second kappa shape index (κ2) is 23.7. The predicted molar refractivity (Wildman–Crippen MR) is 266 cm³/mol. The number of imidazole rings is 2. The number of methoxy groups -OCH3 is 1. The Hall–Kier alpha value is -9.29. The number of anilines is 1. The number of Topliss-reactive ketones (excluding diaryl/α,β-unsaturated/α-hetero) is 2. The molecule has 25 nitrogen and oxygen atoms in total. The molecule has 5 amide bonds. The van der Waals surface area contributed by atoms with Gasteiger partial charge in [-0.05, 0) is 43.5 Å². The van der Waals surface area contributed by atoms with E-state index in [-0.39, 0.29) is 103 Å². The summed E-state index contributed by atoms with van der Waals surface area (Å²) >= 11 is 0. The van der Waals surface area contributed by atoms with Crippen molar-refractivity contribution < 1.29 is 71.3 Å². The lowest BCUT2D eigenvalue weighted by Crippen LogP contribution is -2.36. The van der Waals surface area contributed by atoms with Crippen molar-refractivity contribution in [2.75, 3.05) is 32.2 Å². The molecule has 0 radical (unpaired) electrons. The van der Waals surface area contributed by atoms with E-state index in [9.17, 15) is 48.3 Å². The molecule has 0 spiro atoms. The summed E-state index contributed by atoms with van der Waals surface area (Å²) in [6.45, 7) is 5.99. The number of amides is 5. The number of imide groups is 1. The largest absolute Gasteiger partial charge is 0.494 e. The number of esters is 1. The quantitative estimate of drug-likeness (QED) is 0.0187. The van der Waals surface area contributed by atoms with Crippen LogP contribution in [0.2, 0.25) is 0 Å². The lowest BCUT2D eigenvalue weighted by Gasteiger charge is -2.17. The molecule has 4 aromatic heterocycles. The normalized spacial score (nSPS) is 12.8. The predicted octanol–water partition coefficient (Wildman–Crippen LogP) is 3.92. The van der Waals surface area contributed by atoms with Crippen molar-refractivity contribution in [2.45, 2.75) is 85.7 Å². The number of oxazole rings is 2. The fourth-order valence-corrected chi connectivity index (χ4v) is 8.46. The van der Waals surface area contributed by atoms with E-state index in [4.69, 9.17) is 39.5 Å². The molecule has 0 saturated heterocycles. The zero-order chi connectivity index (χ0) is 55.0. The van der Waals surface area contributed by atoms with Gasteiger partial charge in [0, 0.05) is 69.5 Å². The highest BCUT2D eigenvalue weighted by molar-refractivity contribution is 6.14. The monoisotopic (exact) mass is 1050 g/mol. The number of fused-ring (bicyclic) bond motifs is 2. The minimum atomic E-state index is -1.22. The number of aliphatic carboxylic acids is 1. The molecule has 7 rings (SSSR count). The molecule has 6 N–H and O–H groups in total. The van der Waals surface area contributed by atoms with Gasteiger partial charge in [-0.15, -0.1) is 0 Å². The average Bonchev–Trinajstić information content (AvgIpc) is 4.20. The first kappa shape index (κ1) is 54.5. The first-order chi connectivity index (χ1) is 36.3. The van der Waals surface area contributed by atoms with E-state index in [0.717, 1.165) is 12.2 Å². The summed E-state index contributed by atoms with van der Waals surface area (Å²) < 4.78 is 32.0. The van der Waals surface area contributed by atoms with E-state index >= 15 is 0 Å². The van der Waals surface area contributed by atoms with E-state index in [2.05, 4.69) is 20.3 Å². The van der Waals surface area contributed by atoms with Crippen LogP contribution in [0.1, 0.15) is 110 Å². The third-order valence-corrected chi connectivity index (χ3v) is 12.0. The Morgan fingerprint density at radius 2 is 1.36 bits per heavy atom. The van der Waals surface area contributed by atoms with Crippen LogP contribution in [0.5, 0.6) is 11.5 Å². The summed E-state index contributed by atoms with van der Waals surface area (Å²) in [5, 5.41) is 12.1. The Balaban J connectivity index is 1.17. The maximum atomic E-state index is 14.0. The van der Waals surface area contributed by atoms with Gasteiger partial charge in [0.05, 0.1) is 61.6 Å². The van der Waals surface area contributed by atoms with Gasteiger partial charge < -0.3 is 48.8 Å². The van der Waals surface area contributed by atoms with E-state index < -0.39 is 78.3 Å². The number of nitrogens with two attached hydrogens (primary N) is 2. The number of carbonyl (C=O) groups excluding carboxylic acids is 8. The average molecular weight is 1050 g/mol. The molecular formula is C51H54N10O15. The number of primary amides is 2. The number of hydrogen-bond acceptors (Lipinski definition) is 18. The van der Waals surface area contributed by atoms with E-state index in [1.54, 1.807) is 35.1 Å². The van der Waals surface area contributed by atoms with Crippen LogP contribution < -0.4 is 26.3 Å². The maximum absolute atomic E-state index is 14.0. The van der Waals surface area contributed by atoms with Crippen LogP contribution in [-0.2, 0) is 61.1 Å². The summed E-state index contributed by atoms with van der Waals surface area (Å²) in [7, 11) is 1.40. The number of carboxylic acids is 1. The van der Waals surface area contributed by atoms with Crippen LogP contribution in [0.15, 0.2) is 57.4 Å². The molecular weight excluding hydrogens is 993 g/mol. The molecule has 25 heteroatoms. The molecule has 76 heavy (non-hydrogen) atoms. The Kier molecular flexibility index (Phi) is 17.0. The van der Waals surface area contributed by atoms with Crippen molar-refractivity contribution >= 4 is 81.1 Å². The Morgan fingerprint density at radius 3 is 1.96 bits per heavy atom. The highest BCUT2D eigenvalue weighted by Gasteiger charge is 2.30. The highest BCUT2D eigenvalue weighted by atomic mass is 16.5. The molecule has 5 heterocycles. The number of aromatic nitrogens is 6. The third kappa shape index (κ3) is 12.4. The second-order valence-electron chi connectivity index (χ2n) is 17.4. The number of ether oxygens (including phenoxy) is 3. The summed E-state index contributed by atoms with van der Waals surface area (Å²) in [6.07, 6.45) is 4.90. The highest BCUT2D eigenvalue weighted by Crippen LogP contribution is 2.33. The zero-order valence-electron chi connectivity index (χ0n) is 42.1. The van der Waals surface area contributed by atoms with E-state index in [1.807, 2.05) is 13.8 Å². The van der Waals surface area contributed by atoms with Crippen LogP contribution in [-0.4, -0.2) is 119 Å². The van der Waals surface area contributed by atoms with Crippen molar-refractivity contribution in [3.05, 3.63) is 100 Å². The Labute approximate surface area is 432 Å². The van der Waals surface area contributed by atoms with Crippen molar-refractivity contribution in [1.82, 2.24) is 34.0 Å². The number of aryl methyl sites for hydroxylation is 4. The minimum absolute atomic E-state index is 0.00443. The molecule has 1 aliphatic heterocycles. The second-order valence-corrected chi connectivity index (χ2v) is 17.4. The third-order valence-electron chi connectivity index (χ3n) is 12.0. The van der Waals surface area contributed by atoms with E-state index in [0.29, 0.717) is 51.9 Å².